The van der Waals surface area contributed by atoms with Crippen LogP contribution in [-0.2, 0) is 6.42 Å². The molecule has 0 atom stereocenters. The molecule has 41 heavy (non-hydrogen) atoms. The third-order valence-electron chi connectivity index (χ3n) is 6.12. The number of methoxy groups -OCH3 is 2. The van der Waals surface area contributed by atoms with Gasteiger partial charge in [-0.25, -0.2) is 0 Å². The monoisotopic (exact) mass is 681 g/mol. The van der Waals surface area contributed by atoms with Crippen LogP contribution in [-0.4, -0.2) is 47.2 Å². The third kappa shape index (κ3) is 6.23. The Hall–Kier alpha value is -4.30. The van der Waals surface area contributed by atoms with E-state index in [1.54, 1.807) is 56.7 Å². The maximum atomic E-state index is 13.6. The van der Waals surface area contributed by atoms with Gasteiger partial charge in [0.25, 0.3) is 11.8 Å². The summed E-state index contributed by atoms with van der Waals surface area (Å²) >= 11 is 3.10. The van der Waals surface area contributed by atoms with Gasteiger partial charge in [-0.05, 0) is 71.0 Å². The average molecular weight is 682 g/mol. The molecule has 3 aromatic carbocycles. The maximum absolute atomic E-state index is 13.6. The molecule has 0 spiro atoms. The van der Waals surface area contributed by atoms with E-state index in [0.29, 0.717) is 29.2 Å². The number of amides is 2. The molecule has 10 nitrogen and oxygen atoms in total. The van der Waals surface area contributed by atoms with Crippen LogP contribution in [0.15, 0.2) is 77.6 Å². The van der Waals surface area contributed by atoms with Crippen LogP contribution in [0.4, 0.5) is 5.69 Å². The van der Waals surface area contributed by atoms with Crippen molar-refractivity contribution in [3.63, 3.8) is 0 Å². The fourth-order valence-corrected chi connectivity index (χ4v) is 5.42. The molecule has 0 fully saturated rings. The molecule has 0 unspecified atom stereocenters. The first-order chi connectivity index (χ1) is 19.9. The van der Waals surface area contributed by atoms with Crippen LogP contribution in [0, 0.1) is 3.57 Å². The first-order valence-electron chi connectivity index (χ1n) is 12.4. The van der Waals surface area contributed by atoms with Crippen LogP contribution < -0.4 is 25.7 Å². The summed E-state index contributed by atoms with van der Waals surface area (Å²) < 4.78 is 12.9. The number of carbonyl (C=O) groups is 2. The second kappa shape index (κ2) is 12.5. The normalized spacial score (nSPS) is 10.8. The lowest BCUT2D eigenvalue weighted by Gasteiger charge is -2.11. The SMILES string of the molecule is COc1ccc(CCNC(=O)c2c(C(=O)Nc3ccc(I)cc3)sc3nc(=O)c(-c4ccccc4)nn23)cc1OC. The van der Waals surface area contributed by atoms with Gasteiger partial charge in [-0.1, -0.05) is 47.7 Å². The summed E-state index contributed by atoms with van der Waals surface area (Å²) in [6, 6.07) is 21.6. The predicted molar refractivity (Wildman–Crippen MR) is 165 cm³/mol. The van der Waals surface area contributed by atoms with E-state index in [1.807, 2.05) is 30.3 Å². The third-order valence-corrected chi connectivity index (χ3v) is 7.87. The van der Waals surface area contributed by atoms with E-state index >= 15 is 0 Å². The number of hydrogen-bond acceptors (Lipinski definition) is 8. The molecule has 12 heteroatoms. The molecule has 5 aromatic rings. The van der Waals surface area contributed by atoms with Gasteiger partial charge in [-0.3, -0.25) is 14.4 Å². The number of carbonyl (C=O) groups excluding carboxylic acids is 2. The molecule has 0 aliphatic rings. The molecule has 5 rings (SSSR count). The summed E-state index contributed by atoms with van der Waals surface area (Å²) in [5.41, 5.74) is 1.55. The van der Waals surface area contributed by atoms with Crippen molar-refractivity contribution in [3.05, 3.63) is 103 Å². The van der Waals surface area contributed by atoms with E-state index in [9.17, 15) is 14.4 Å². The summed E-state index contributed by atoms with van der Waals surface area (Å²) in [7, 11) is 3.12. The molecular formula is C29H24IN5O5S. The molecule has 0 saturated carbocycles. The lowest BCUT2D eigenvalue weighted by Crippen LogP contribution is -2.30. The van der Waals surface area contributed by atoms with Crippen LogP contribution in [0.1, 0.15) is 25.7 Å². The quantitative estimate of drug-likeness (QED) is 0.217. The lowest BCUT2D eigenvalue weighted by atomic mass is 10.1. The van der Waals surface area contributed by atoms with Crippen LogP contribution in [0.3, 0.4) is 0 Å². The van der Waals surface area contributed by atoms with E-state index in [-0.39, 0.29) is 27.8 Å². The van der Waals surface area contributed by atoms with Gasteiger partial charge >= 0.3 is 5.56 Å². The molecular weight excluding hydrogens is 657 g/mol. The van der Waals surface area contributed by atoms with Crippen LogP contribution in [0.2, 0.25) is 0 Å². The van der Waals surface area contributed by atoms with Crippen molar-refractivity contribution < 1.29 is 19.1 Å². The Labute approximate surface area is 252 Å². The first-order valence-corrected chi connectivity index (χ1v) is 14.3. The molecule has 2 amide bonds. The number of halogens is 1. The van der Waals surface area contributed by atoms with E-state index in [1.165, 1.54) is 4.52 Å². The number of ether oxygens (including phenoxy) is 2. The van der Waals surface area contributed by atoms with Gasteiger partial charge < -0.3 is 20.1 Å². The minimum absolute atomic E-state index is 0.00926. The van der Waals surface area contributed by atoms with Crippen LogP contribution >= 0.6 is 33.9 Å². The van der Waals surface area contributed by atoms with Gasteiger partial charge in [0, 0.05) is 21.4 Å². The summed E-state index contributed by atoms with van der Waals surface area (Å²) in [6.45, 7) is 0.267. The van der Waals surface area contributed by atoms with Gasteiger partial charge in [-0.15, -0.1) is 0 Å². The average Bonchev–Trinajstić information content (AvgIpc) is 3.36. The minimum Gasteiger partial charge on any atom is -0.493 e. The number of hydrogen-bond donors (Lipinski definition) is 2. The van der Waals surface area contributed by atoms with Crippen molar-refractivity contribution in [3.8, 4) is 22.8 Å². The Kier molecular flexibility index (Phi) is 8.59. The first kappa shape index (κ1) is 28.2. The Morgan fingerprint density at radius 1 is 0.951 bits per heavy atom. The summed E-state index contributed by atoms with van der Waals surface area (Å²) in [6.07, 6.45) is 0.495. The molecule has 0 aliphatic carbocycles. The standard InChI is InChI=1S/C29H24IN5O5S/c1-39-21-13-8-17(16-22(21)40-2)14-15-31-27(37)24-25(28(38)32-20-11-9-19(30)10-12-20)41-29-33-26(36)23(34-35(24)29)18-6-4-3-5-7-18/h3-13,16H,14-15H2,1-2H3,(H,31,37)(H,32,38). The molecule has 0 radical (unpaired) electrons. The zero-order valence-corrected chi connectivity index (χ0v) is 25.0. The van der Waals surface area contributed by atoms with Crippen LogP contribution in [0.25, 0.3) is 16.2 Å². The van der Waals surface area contributed by atoms with Crippen LogP contribution in [0.5, 0.6) is 11.5 Å². The number of fused-ring (bicyclic) bond motifs is 1. The number of rotatable bonds is 9. The highest BCUT2D eigenvalue weighted by atomic mass is 127. The van der Waals surface area contributed by atoms with Gasteiger partial charge in [0.05, 0.1) is 14.2 Å². The topological polar surface area (TPSA) is 124 Å². The second-order valence-electron chi connectivity index (χ2n) is 8.76. The molecule has 0 bridgehead atoms. The molecule has 2 heterocycles. The smallest absolute Gasteiger partial charge is 0.300 e. The molecule has 2 aromatic heterocycles. The van der Waals surface area contributed by atoms with E-state index < -0.39 is 17.4 Å². The van der Waals surface area contributed by atoms with Gasteiger partial charge in [0.2, 0.25) is 4.96 Å². The summed E-state index contributed by atoms with van der Waals surface area (Å²) in [5.74, 6) is 0.154. The van der Waals surface area contributed by atoms with Gasteiger partial charge in [0.15, 0.2) is 22.9 Å². The van der Waals surface area contributed by atoms with Crippen molar-refractivity contribution >= 4 is 56.4 Å². The highest BCUT2D eigenvalue weighted by molar-refractivity contribution is 14.1. The molecule has 0 aliphatic heterocycles. The number of nitrogens with one attached hydrogen (secondary N) is 2. The van der Waals surface area contributed by atoms with Crippen molar-refractivity contribution in [2.45, 2.75) is 6.42 Å². The van der Waals surface area contributed by atoms with E-state index in [0.717, 1.165) is 20.5 Å². The Morgan fingerprint density at radius 3 is 2.39 bits per heavy atom. The number of benzene rings is 3. The van der Waals surface area contributed by atoms with Crippen molar-refractivity contribution in [1.29, 1.82) is 0 Å². The fraction of sp³-hybridized carbons (Fsp3) is 0.138. The zero-order valence-electron chi connectivity index (χ0n) is 22.0. The molecule has 2 N–H and O–H groups in total. The number of aromatic nitrogens is 3. The lowest BCUT2D eigenvalue weighted by molar-refractivity contribution is 0.0935. The summed E-state index contributed by atoms with van der Waals surface area (Å²) in [5, 5.41) is 10.2. The zero-order chi connectivity index (χ0) is 28.9. The molecule has 0 saturated heterocycles. The van der Waals surface area contributed by atoms with Crippen molar-refractivity contribution in [1.82, 2.24) is 19.9 Å². The van der Waals surface area contributed by atoms with Crippen molar-refractivity contribution in [2.75, 3.05) is 26.1 Å². The number of nitrogens with zero attached hydrogens (tertiary/aromatic N) is 3. The number of anilines is 1. The fourth-order valence-electron chi connectivity index (χ4n) is 4.11. The Balaban J connectivity index is 1.48. The van der Waals surface area contributed by atoms with E-state index in [4.69, 9.17) is 9.47 Å². The largest absolute Gasteiger partial charge is 0.493 e. The minimum atomic E-state index is -0.553. The number of thiazole rings is 1. The van der Waals surface area contributed by atoms with Gasteiger partial charge in [0.1, 0.15) is 4.88 Å². The summed E-state index contributed by atoms with van der Waals surface area (Å²) in [4.78, 5) is 44.2. The predicted octanol–water partition coefficient (Wildman–Crippen LogP) is 4.66. The Morgan fingerprint density at radius 2 is 1.68 bits per heavy atom. The van der Waals surface area contributed by atoms with E-state index in [2.05, 4.69) is 43.3 Å². The Bertz CT molecular complexity index is 1790. The second-order valence-corrected chi connectivity index (χ2v) is 11.0. The van der Waals surface area contributed by atoms with Crippen molar-refractivity contribution in [2.24, 2.45) is 0 Å². The molecule has 208 valence electrons. The highest BCUT2D eigenvalue weighted by Crippen LogP contribution is 2.28. The maximum Gasteiger partial charge on any atom is 0.300 e. The highest BCUT2D eigenvalue weighted by Gasteiger charge is 2.27. The van der Waals surface area contributed by atoms with Gasteiger partial charge in [-0.2, -0.15) is 14.6 Å².